The number of thioether (sulfide) groups is 1. The zero-order valence-electron chi connectivity index (χ0n) is 15.8. The van der Waals surface area contributed by atoms with Crippen LogP contribution in [-0.4, -0.2) is 38.9 Å². The van der Waals surface area contributed by atoms with E-state index in [9.17, 15) is 13.2 Å². The molecule has 8 heteroatoms. The fraction of sp³-hybridized carbons (Fsp3) is 0.421. The average molecular weight is 411 g/mol. The highest BCUT2D eigenvalue weighted by Crippen LogP contribution is 2.23. The number of aryl methyl sites for hydroxylation is 1. The van der Waals surface area contributed by atoms with Crippen molar-refractivity contribution in [3.63, 3.8) is 0 Å². The highest BCUT2D eigenvalue weighted by Gasteiger charge is 2.31. The SMILES string of the molecule is CC[C@@H](C(=O)NCCSCc1ccco1)N(c1cccc(C)c1)S(C)(=O)=O. The molecular weight excluding hydrogens is 384 g/mol. The fourth-order valence-corrected chi connectivity index (χ4v) is 4.72. The number of amides is 1. The van der Waals surface area contributed by atoms with E-state index in [4.69, 9.17) is 4.42 Å². The van der Waals surface area contributed by atoms with Gasteiger partial charge in [0.2, 0.25) is 15.9 Å². The van der Waals surface area contributed by atoms with E-state index in [-0.39, 0.29) is 5.91 Å². The standard InChI is InChI=1S/C19H26N2O4S2/c1-4-18(19(22)20-10-12-26-14-17-9-6-11-25-17)21(27(3,23)24)16-8-5-7-15(2)13-16/h5-9,11,13,18H,4,10,12,14H2,1-3H3,(H,20,22)/t18-/m0/s1. The molecule has 0 unspecified atom stereocenters. The summed E-state index contributed by atoms with van der Waals surface area (Å²) in [6.45, 7) is 4.16. The smallest absolute Gasteiger partial charge is 0.243 e. The minimum atomic E-state index is -3.60. The van der Waals surface area contributed by atoms with Gasteiger partial charge in [-0.3, -0.25) is 9.10 Å². The van der Waals surface area contributed by atoms with Crippen molar-refractivity contribution in [1.29, 1.82) is 0 Å². The number of carbonyl (C=O) groups is 1. The Morgan fingerprint density at radius 1 is 1.30 bits per heavy atom. The summed E-state index contributed by atoms with van der Waals surface area (Å²) < 4.78 is 31.3. The first-order chi connectivity index (χ1) is 12.8. The molecule has 1 N–H and O–H groups in total. The van der Waals surface area contributed by atoms with Crippen LogP contribution in [-0.2, 0) is 20.6 Å². The summed E-state index contributed by atoms with van der Waals surface area (Å²) in [6, 6.07) is 10.1. The lowest BCUT2D eigenvalue weighted by Crippen LogP contribution is -2.49. The van der Waals surface area contributed by atoms with Gasteiger partial charge in [-0.05, 0) is 43.2 Å². The van der Waals surface area contributed by atoms with Crippen molar-refractivity contribution in [1.82, 2.24) is 5.32 Å². The van der Waals surface area contributed by atoms with Gasteiger partial charge in [0.15, 0.2) is 0 Å². The van der Waals surface area contributed by atoms with Gasteiger partial charge < -0.3 is 9.73 Å². The highest BCUT2D eigenvalue weighted by atomic mass is 32.2. The lowest BCUT2D eigenvalue weighted by atomic mass is 10.1. The number of hydrogen-bond acceptors (Lipinski definition) is 5. The molecule has 27 heavy (non-hydrogen) atoms. The lowest BCUT2D eigenvalue weighted by molar-refractivity contribution is -0.122. The zero-order chi connectivity index (χ0) is 19.9. The van der Waals surface area contributed by atoms with E-state index in [2.05, 4.69) is 5.32 Å². The lowest BCUT2D eigenvalue weighted by Gasteiger charge is -2.30. The van der Waals surface area contributed by atoms with Crippen molar-refractivity contribution in [3.05, 3.63) is 54.0 Å². The van der Waals surface area contributed by atoms with Crippen LogP contribution in [0, 0.1) is 6.92 Å². The molecule has 0 saturated carbocycles. The minimum Gasteiger partial charge on any atom is -0.468 e. The van der Waals surface area contributed by atoms with Gasteiger partial charge in [-0.2, -0.15) is 11.8 Å². The molecule has 0 aliphatic rings. The largest absolute Gasteiger partial charge is 0.468 e. The Labute approximate surface area is 165 Å². The number of nitrogens with one attached hydrogen (secondary N) is 1. The number of nitrogens with zero attached hydrogens (tertiary/aromatic N) is 1. The normalized spacial score (nSPS) is 12.6. The van der Waals surface area contributed by atoms with Crippen molar-refractivity contribution >= 4 is 33.4 Å². The van der Waals surface area contributed by atoms with Gasteiger partial charge in [-0.1, -0.05) is 19.1 Å². The monoisotopic (exact) mass is 410 g/mol. The summed E-state index contributed by atoms with van der Waals surface area (Å²) in [6.07, 6.45) is 3.14. The molecule has 0 spiro atoms. The van der Waals surface area contributed by atoms with Crippen molar-refractivity contribution in [2.75, 3.05) is 22.9 Å². The van der Waals surface area contributed by atoms with Crippen LogP contribution in [0.25, 0.3) is 0 Å². The van der Waals surface area contributed by atoms with Crippen LogP contribution < -0.4 is 9.62 Å². The molecule has 1 atom stereocenters. The Kier molecular flexibility index (Phi) is 7.79. The fourth-order valence-electron chi connectivity index (χ4n) is 2.76. The van der Waals surface area contributed by atoms with Gasteiger partial charge in [0, 0.05) is 12.3 Å². The summed E-state index contributed by atoms with van der Waals surface area (Å²) in [5, 5.41) is 2.85. The Balaban J connectivity index is 1.99. The molecule has 2 aromatic rings. The third-order valence-electron chi connectivity index (χ3n) is 3.96. The second-order valence-corrected chi connectivity index (χ2v) is 9.21. The maximum Gasteiger partial charge on any atom is 0.243 e. The van der Waals surface area contributed by atoms with Gasteiger partial charge in [0.05, 0.1) is 24.0 Å². The van der Waals surface area contributed by atoms with E-state index in [1.54, 1.807) is 36.2 Å². The molecule has 0 saturated heterocycles. The van der Waals surface area contributed by atoms with Gasteiger partial charge >= 0.3 is 0 Å². The first-order valence-electron chi connectivity index (χ1n) is 8.77. The molecule has 1 aromatic carbocycles. The maximum atomic E-state index is 12.7. The highest BCUT2D eigenvalue weighted by molar-refractivity contribution is 7.98. The first kappa shape index (κ1) is 21.4. The predicted octanol–water partition coefficient (Wildman–Crippen LogP) is 3.18. The zero-order valence-corrected chi connectivity index (χ0v) is 17.5. The Morgan fingerprint density at radius 2 is 2.07 bits per heavy atom. The minimum absolute atomic E-state index is 0.289. The number of furan rings is 1. The molecule has 6 nitrogen and oxygen atoms in total. The van der Waals surface area contributed by atoms with Crippen LogP contribution in [0.1, 0.15) is 24.7 Å². The van der Waals surface area contributed by atoms with Crippen LogP contribution in [0.15, 0.2) is 47.1 Å². The van der Waals surface area contributed by atoms with Crippen LogP contribution in [0.4, 0.5) is 5.69 Å². The topological polar surface area (TPSA) is 79.6 Å². The van der Waals surface area contributed by atoms with Gasteiger partial charge in [0.1, 0.15) is 11.8 Å². The molecule has 1 heterocycles. The molecule has 0 aliphatic carbocycles. The Morgan fingerprint density at radius 3 is 2.67 bits per heavy atom. The molecule has 2 rings (SSSR count). The second kappa shape index (κ2) is 9.85. The Bertz CT molecular complexity index is 835. The number of anilines is 1. The van der Waals surface area contributed by atoms with E-state index < -0.39 is 16.1 Å². The molecular formula is C19H26N2O4S2. The van der Waals surface area contributed by atoms with Crippen molar-refractivity contribution in [3.8, 4) is 0 Å². The van der Waals surface area contributed by atoms with Crippen LogP contribution in [0.5, 0.6) is 0 Å². The predicted molar refractivity (Wildman–Crippen MR) is 110 cm³/mol. The second-order valence-electron chi connectivity index (χ2n) is 6.24. The number of benzene rings is 1. The van der Waals surface area contributed by atoms with Crippen molar-refractivity contribution < 1.29 is 17.6 Å². The first-order valence-corrected chi connectivity index (χ1v) is 11.8. The number of sulfonamides is 1. The molecule has 0 radical (unpaired) electrons. The molecule has 1 amide bonds. The van der Waals surface area contributed by atoms with E-state index in [0.29, 0.717) is 24.4 Å². The third kappa shape index (κ3) is 6.32. The van der Waals surface area contributed by atoms with Gasteiger partial charge in [0.25, 0.3) is 0 Å². The summed E-state index contributed by atoms with van der Waals surface area (Å²) in [7, 11) is -3.60. The molecule has 0 bridgehead atoms. The third-order valence-corrected chi connectivity index (χ3v) is 6.12. The average Bonchev–Trinajstić information content (AvgIpc) is 3.11. The molecule has 1 aromatic heterocycles. The molecule has 148 valence electrons. The van der Waals surface area contributed by atoms with Crippen LogP contribution in [0.3, 0.4) is 0 Å². The number of carbonyl (C=O) groups excluding carboxylic acids is 1. The summed E-state index contributed by atoms with van der Waals surface area (Å²) in [5.74, 6) is 2.05. The van der Waals surface area contributed by atoms with E-state index in [0.717, 1.165) is 23.3 Å². The maximum absolute atomic E-state index is 12.7. The molecule has 0 fully saturated rings. The van der Waals surface area contributed by atoms with Crippen LogP contribution in [0.2, 0.25) is 0 Å². The van der Waals surface area contributed by atoms with Gasteiger partial charge in [-0.25, -0.2) is 8.42 Å². The number of rotatable bonds is 10. The number of hydrogen-bond donors (Lipinski definition) is 1. The summed E-state index contributed by atoms with van der Waals surface area (Å²) in [5.41, 5.74) is 1.44. The van der Waals surface area contributed by atoms with E-state index in [1.807, 2.05) is 32.0 Å². The van der Waals surface area contributed by atoms with E-state index in [1.165, 1.54) is 4.31 Å². The van der Waals surface area contributed by atoms with E-state index >= 15 is 0 Å². The molecule has 0 aliphatic heterocycles. The van der Waals surface area contributed by atoms with Crippen LogP contribution >= 0.6 is 11.8 Å². The summed E-state index contributed by atoms with van der Waals surface area (Å²) in [4.78, 5) is 12.7. The van der Waals surface area contributed by atoms with Crippen molar-refractivity contribution in [2.24, 2.45) is 0 Å². The van der Waals surface area contributed by atoms with Gasteiger partial charge in [-0.15, -0.1) is 0 Å². The Hall–Kier alpha value is -1.93. The summed E-state index contributed by atoms with van der Waals surface area (Å²) >= 11 is 1.64. The van der Waals surface area contributed by atoms with Crippen molar-refractivity contribution in [2.45, 2.75) is 32.1 Å². The quantitative estimate of drug-likeness (QED) is 0.609.